The first-order valence-electron chi connectivity index (χ1n) is 21.9. The van der Waals surface area contributed by atoms with Gasteiger partial charge in [-0.2, -0.15) is 9.15 Å². The first-order chi connectivity index (χ1) is 32.6. The molecular weight excluding hydrogens is 1230 g/mol. The van der Waals surface area contributed by atoms with Gasteiger partial charge in [-0.3, -0.25) is 23.5 Å². The zero-order chi connectivity index (χ0) is 51.5. The molecule has 1 unspecified atom stereocenters. The van der Waals surface area contributed by atoms with Crippen molar-refractivity contribution in [1.82, 2.24) is 9.15 Å². The molecule has 1 aliphatic rings. The Morgan fingerprint density at radius 1 is 0.304 bits per heavy atom. The van der Waals surface area contributed by atoms with Crippen LogP contribution >= 0.6 is 8.16 Å². The summed E-state index contributed by atoms with van der Waals surface area (Å²) in [4.78, 5) is 1.29. The zero-order valence-electron chi connectivity index (χ0n) is 43.4. The fraction of sp³-hybridized carbons (Fsp3) is 0.127. The predicted octanol–water partition coefficient (Wildman–Crippen LogP) is 8.36. The molecule has 8 rings (SSSR count). The summed E-state index contributed by atoms with van der Waals surface area (Å²) >= 11 is -8.99. The minimum atomic E-state index is -8.99. The minimum absolute atomic E-state index is 0. The molecule has 0 saturated carbocycles. The van der Waals surface area contributed by atoms with Crippen LogP contribution in [0.3, 0.4) is 0 Å². The van der Waals surface area contributed by atoms with E-state index in [4.69, 9.17) is 0 Å². The van der Waals surface area contributed by atoms with Crippen molar-refractivity contribution in [1.29, 1.82) is 0 Å². The van der Waals surface area contributed by atoms with Gasteiger partial charge in [-0.25, -0.2) is 4.90 Å². The van der Waals surface area contributed by atoms with E-state index < -0.39 is 23.0 Å². The smallest absolute Gasteiger partial charge is 1.00 e. The van der Waals surface area contributed by atoms with E-state index >= 15 is 0 Å². The number of halogens is 18. The van der Waals surface area contributed by atoms with E-state index in [0.717, 1.165) is 34.2 Å². The number of hydrogen-bond donors (Lipinski definition) is 1. The van der Waals surface area contributed by atoms with Gasteiger partial charge in [0.2, 0.25) is 34.2 Å². The van der Waals surface area contributed by atoms with Gasteiger partial charge in [0.1, 0.15) is 17.1 Å². The molecule has 0 aromatic heterocycles. The summed E-state index contributed by atoms with van der Waals surface area (Å²) in [5.74, 6) is 0. The molecule has 0 saturated heterocycles. The fourth-order valence-electron chi connectivity index (χ4n) is 7.08. The van der Waals surface area contributed by atoms with Crippen molar-refractivity contribution in [3.05, 3.63) is 233 Å². The molecule has 0 aliphatic heterocycles. The van der Waals surface area contributed by atoms with Crippen LogP contribution in [0.4, 0.5) is 102 Å². The van der Waals surface area contributed by atoms with E-state index in [1.54, 1.807) is 0 Å². The van der Waals surface area contributed by atoms with Crippen LogP contribution in [0.5, 0.6) is 0 Å². The molecule has 0 fully saturated rings. The van der Waals surface area contributed by atoms with Gasteiger partial charge < -0.3 is 14.1 Å². The maximum absolute atomic E-state index is 9.89. The normalized spacial score (nSPS) is 11.7. The van der Waals surface area contributed by atoms with Crippen molar-refractivity contribution in [2.45, 2.75) is 48.5 Å². The Morgan fingerprint density at radius 3 is 0.570 bits per heavy atom. The van der Waals surface area contributed by atoms with Crippen molar-refractivity contribution in [2.75, 3.05) is 0 Å². The number of hydrogen-bond acceptors (Lipinski definition) is 0. The number of nitrogens with one attached hydrogen (secondary N) is 1. The molecule has 1 N–H and O–H groups in total. The zero-order valence-corrected chi connectivity index (χ0v) is 49.2. The second-order valence-corrected chi connectivity index (χ2v) is 20.7. The third kappa shape index (κ3) is 28.9. The Labute approximate surface area is 461 Å². The topological polar surface area (TPSA) is 10.5 Å². The Kier molecular flexibility index (Phi) is 35.0. The first kappa shape index (κ1) is 81.5. The molecule has 1 atom stereocenters. The van der Waals surface area contributed by atoms with Crippen LogP contribution in [0, 0.1) is 48.5 Å². The van der Waals surface area contributed by atoms with E-state index in [1.165, 1.54) is 60.9 Å². The summed E-state index contributed by atoms with van der Waals surface area (Å²) in [6.45, 7) is 14.9. The molecule has 0 radical (unpaired) electrons. The standard InChI is InChI=1S/C34H32N2.C21H21N.AsF5.AsH3.F5P.8FH/c1-25-5-13-29(14-6-25)35(30-15-7-26(2)8-16-30)33-21-23-34(24-22-33)36(31-17-9-27(3)10-18-31)32-19-11-28(4)12-20-32;1-16-4-10-19(11-5-16)22(20-12-6-17(2)7-13-20)21-14-8-18(3)9-15-21;2-1(3,4,5)6;;1-6(2,3,4)5;;;;;;;;/h5-24H,1-4H3;4-15H,1-3H3;;1H3;;8*1H/q+2;;;;;;;;;;;;/p-2. The predicted molar refractivity (Wildman–Crippen MR) is 296 cm³/mol. The van der Waals surface area contributed by atoms with Crippen LogP contribution in [0.15, 0.2) is 194 Å². The largest absolute Gasteiger partial charge is 1.00 e. The van der Waals surface area contributed by atoms with Gasteiger partial charge in [-0.15, -0.1) is 0 Å². The molecule has 438 valence electrons. The molecule has 7 aromatic carbocycles. The monoisotopic (exact) mass is 1290 g/mol. The Balaban J connectivity index is -0.000000367. The Morgan fingerprint density at radius 2 is 0.430 bits per heavy atom. The van der Waals surface area contributed by atoms with Crippen LogP contribution in [-0.2, 0) is 0 Å². The molecule has 0 bridgehead atoms. The summed E-state index contributed by atoms with van der Waals surface area (Å²) < 4.78 is 103. The number of allylic oxidation sites excluding steroid dienone is 4. The van der Waals surface area contributed by atoms with Crippen molar-refractivity contribution < 1.29 is 80.9 Å². The minimum Gasteiger partial charge on any atom is -1.00 e. The maximum Gasteiger partial charge on any atom is -1.00 e. The first-order valence-corrected chi connectivity index (χ1v) is 27.1. The molecule has 3 nitrogen and oxygen atoms in total. The van der Waals surface area contributed by atoms with E-state index in [0.29, 0.717) is 0 Å². The van der Waals surface area contributed by atoms with Gasteiger partial charge in [0.15, 0.2) is 0 Å². The molecule has 0 spiro atoms. The summed E-state index contributed by atoms with van der Waals surface area (Å²) in [6.07, 6.45) is 8.85. The Hall–Kier alpha value is -6.39. The molecule has 79 heavy (non-hydrogen) atoms. The molecule has 0 heterocycles. The second-order valence-electron chi connectivity index (χ2n) is 16.8. The van der Waals surface area contributed by atoms with Crippen LogP contribution < -0.4 is 28.2 Å². The van der Waals surface area contributed by atoms with E-state index in [9.17, 15) is 38.3 Å². The quantitative estimate of drug-likeness (QED) is 0.0542. The number of benzene rings is 7. The van der Waals surface area contributed by atoms with E-state index in [1.807, 2.05) is 0 Å². The molecule has 0 amide bonds. The van der Waals surface area contributed by atoms with Gasteiger partial charge in [0, 0.05) is 109 Å². The summed E-state index contributed by atoms with van der Waals surface area (Å²) in [6, 6.07) is 61.2. The molecule has 1 aliphatic carbocycles. The van der Waals surface area contributed by atoms with E-state index in [-0.39, 0.29) is 55.6 Å². The second kappa shape index (κ2) is 33.9. The third-order valence-electron chi connectivity index (χ3n) is 10.6. The fourth-order valence-corrected chi connectivity index (χ4v) is 7.08. The Bertz CT molecular complexity index is 2610. The average molecular weight is 1290 g/mol. The van der Waals surface area contributed by atoms with Crippen LogP contribution in [0.1, 0.15) is 38.9 Å². The number of quaternary nitrogens is 1. The SMILES string of the molecule is Cc1ccc([N+](=C2C=CC(=[N+](c3ccc(C)cc3)c3ccc(C)cc3)C=C2)c2ccc(C)cc2)cc1.Cc1ccc([NH+](c2ccc(C)cc2)c2ccc(C)cc2)cc1.F.F.F.F.F.FP(F)(F)(F)F.F[As](F)(F)(F)F.[AsH3].[F-].[F-].[F-]. The van der Waals surface area contributed by atoms with Crippen molar-refractivity contribution in [2.24, 2.45) is 0 Å². The van der Waals surface area contributed by atoms with Crippen molar-refractivity contribution in [3.8, 4) is 0 Å². The third-order valence-corrected chi connectivity index (χ3v) is 10.6. The number of nitrogens with zero attached hydrogens (tertiary/aromatic N) is 2. The van der Waals surface area contributed by atoms with Crippen LogP contribution in [0.25, 0.3) is 0 Å². The molecule has 24 heteroatoms. The van der Waals surface area contributed by atoms with Crippen LogP contribution in [-0.4, -0.2) is 44.2 Å². The van der Waals surface area contributed by atoms with Crippen molar-refractivity contribution in [3.63, 3.8) is 0 Å². The van der Waals surface area contributed by atoms with Gasteiger partial charge in [-0.1, -0.05) is 124 Å². The van der Waals surface area contributed by atoms with Crippen LogP contribution in [0.2, 0.25) is 0 Å². The maximum atomic E-state index is 9.89. The average Bonchev–Trinajstić information content (AvgIpc) is 3.27. The van der Waals surface area contributed by atoms with Crippen molar-refractivity contribution >= 4 is 92.1 Å². The van der Waals surface area contributed by atoms with Gasteiger partial charge >= 0.3 is 79.2 Å². The van der Waals surface area contributed by atoms with Gasteiger partial charge in [0.25, 0.3) is 0 Å². The number of aryl methyl sites for hydroxylation is 7. The summed E-state index contributed by atoms with van der Waals surface area (Å²) in [7, 11) is -8.55. The number of rotatable bonds is 7. The molecule has 7 aromatic rings. The summed E-state index contributed by atoms with van der Waals surface area (Å²) in [5.41, 5.74) is 19.5. The van der Waals surface area contributed by atoms with E-state index in [2.05, 4.69) is 252 Å². The van der Waals surface area contributed by atoms with Gasteiger partial charge in [-0.05, 0) is 48.5 Å². The molecular formula is C55H62As2F18N3P. The summed E-state index contributed by atoms with van der Waals surface area (Å²) in [5, 5.41) is 0. The van der Waals surface area contributed by atoms with Gasteiger partial charge in [0.05, 0.1) is 0 Å².